The van der Waals surface area contributed by atoms with E-state index in [4.69, 9.17) is 11.6 Å². The van der Waals surface area contributed by atoms with E-state index in [1.54, 1.807) is 0 Å². The molecular weight excluding hydrogens is 310 g/mol. The van der Waals surface area contributed by atoms with Crippen LogP contribution in [-0.2, 0) is 11.3 Å². The molecule has 0 fully saturated rings. The number of carbonyl (C=O) groups excluding carboxylic acids is 1. The van der Waals surface area contributed by atoms with E-state index in [0.29, 0.717) is 5.02 Å². The molecule has 0 aliphatic heterocycles. The van der Waals surface area contributed by atoms with E-state index in [2.05, 4.69) is 10.3 Å². The second-order valence-corrected chi connectivity index (χ2v) is 6.01. The van der Waals surface area contributed by atoms with Crippen molar-refractivity contribution in [2.45, 2.75) is 26.4 Å². The van der Waals surface area contributed by atoms with Gasteiger partial charge in [0.2, 0.25) is 5.91 Å². The summed E-state index contributed by atoms with van der Waals surface area (Å²) in [6.07, 6.45) is 0. The Hall–Kier alpha value is -2.33. The number of benzene rings is 2. The second-order valence-electron chi connectivity index (χ2n) is 5.57. The molecule has 0 spiro atoms. The van der Waals surface area contributed by atoms with Crippen molar-refractivity contribution in [2.24, 2.45) is 0 Å². The van der Waals surface area contributed by atoms with Crippen LogP contribution in [0, 0.1) is 6.92 Å². The molecule has 0 aliphatic rings. The molecule has 2 aromatic carbocycles. The minimum atomic E-state index is -0.0742. The highest BCUT2D eigenvalue weighted by atomic mass is 35.5. The summed E-state index contributed by atoms with van der Waals surface area (Å²) < 4.78 is 1.93. The number of imidazole rings is 1. The molecule has 5 heteroatoms. The Bertz CT molecular complexity index is 839. The Labute approximate surface area is 140 Å². The van der Waals surface area contributed by atoms with E-state index in [1.165, 1.54) is 0 Å². The van der Waals surface area contributed by atoms with Crippen LogP contribution in [0.15, 0.2) is 48.5 Å². The van der Waals surface area contributed by atoms with E-state index in [9.17, 15) is 4.79 Å². The average molecular weight is 328 g/mol. The third kappa shape index (κ3) is 3.37. The first-order valence-corrected chi connectivity index (χ1v) is 7.89. The minimum absolute atomic E-state index is 0.0429. The SMILES string of the molecule is Cc1nc2ccccc2n1CC(=O)N[C@@H](C)c1ccc(Cl)cc1. The summed E-state index contributed by atoms with van der Waals surface area (Å²) in [5, 5.41) is 3.70. The molecule has 0 saturated heterocycles. The summed E-state index contributed by atoms with van der Waals surface area (Å²) in [6.45, 7) is 4.13. The number of hydrogen-bond acceptors (Lipinski definition) is 2. The van der Waals surface area contributed by atoms with Crippen molar-refractivity contribution in [2.75, 3.05) is 0 Å². The highest BCUT2D eigenvalue weighted by Gasteiger charge is 2.13. The van der Waals surface area contributed by atoms with Crippen LogP contribution in [0.25, 0.3) is 11.0 Å². The topological polar surface area (TPSA) is 46.9 Å². The molecule has 0 radical (unpaired) electrons. The Morgan fingerprint density at radius 2 is 1.91 bits per heavy atom. The Kier molecular flexibility index (Phi) is 4.35. The summed E-state index contributed by atoms with van der Waals surface area (Å²) in [6, 6.07) is 15.2. The van der Waals surface area contributed by atoms with Gasteiger partial charge in [-0.1, -0.05) is 35.9 Å². The van der Waals surface area contributed by atoms with Gasteiger partial charge in [0.25, 0.3) is 0 Å². The lowest BCUT2D eigenvalue weighted by atomic mass is 10.1. The fraction of sp³-hybridized carbons (Fsp3) is 0.222. The molecule has 1 heterocycles. The van der Waals surface area contributed by atoms with Crippen LogP contribution in [-0.4, -0.2) is 15.5 Å². The molecule has 0 saturated carbocycles. The van der Waals surface area contributed by atoms with Crippen LogP contribution < -0.4 is 5.32 Å². The molecule has 3 aromatic rings. The predicted molar refractivity (Wildman–Crippen MR) is 92.5 cm³/mol. The molecule has 1 N–H and O–H groups in total. The molecule has 0 aliphatic carbocycles. The second kappa shape index (κ2) is 6.42. The van der Waals surface area contributed by atoms with Crippen LogP contribution in [0.4, 0.5) is 0 Å². The zero-order chi connectivity index (χ0) is 16.4. The van der Waals surface area contributed by atoms with Gasteiger partial charge in [0.15, 0.2) is 0 Å². The number of amides is 1. The number of fused-ring (bicyclic) bond motifs is 1. The molecule has 0 bridgehead atoms. The van der Waals surface area contributed by atoms with Gasteiger partial charge in [0, 0.05) is 5.02 Å². The molecule has 4 nitrogen and oxygen atoms in total. The number of carbonyl (C=O) groups is 1. The largest absolute Gasteiger partial charge is 0.348 e. The zero-order valence-corrected chi connectivity index (χ0v) is 13.8. The summed E-state index contributed by atoms with van der Waals surface area (Å²) >= 11 is 5.89. The molecular formula is C18H18ClN3O. The monoisotopic (exact) mass is 327 g/mol. The maximum Gasteiger partial charge on any atom is 0.240 e. The van der Waals surface area contributed by atoms with Crippen molar-refractivity contribution in [3.63, 3.8) is 0 Å². The lowest BCUT2D eigenvalue weighted by Gasteiger charge is -2.15. The minimum Gasteiger partial charge on any atom is -0.348 e. The van der Waals surface area contributed by atoms with Crippen molar-refractivity contribution in [3.8, 4) is 0 Å². The fourth-order valence-electron chi connectivity index (χ4n) is 2.66. The molecule has 23 heavy (non-hydrogen) atoms. The average Bonchev–Trinajstić information content (AvgIpc) is 2.84. The van der Waals surface area contributed by atoms with Crippen LogP contribution >= 0.6 is 11.6 Å². The zero-order valence-electron chi connectivity index (χ0n) is 13.1. The number of halogens is 1. The quantitative estimate of drug-likeness (QED) is 0.790. The van der Waals surface area contributed by atoms with Crippen molar-refractivity contribution in [1.82, 2.24) is 14.9 Å². The Balaban J connectivity index is 1.73. The van der Waals surface area contributed by atoms with Gasteiger partial charge >= 0.3 is 0 Å². The lowest BCUT2D eigenvalue weighted by molar-refractivity contribution is -0.122. The first-order valence-electron chi connectivity index (χ1n) is 7.51. The van der Waals surface area contributed by atoms with Crippen LogP contribution in [0.1, 0.15) is 24.4 Å². The number of nitrogens with one attached hydrogen (secondary N) is 1. The van der Waals surface area contributed by atoms with Gasteiger partial charge < -0.3 is 9.88 Å². The van der Waals surface area contributed by atoms with Gasteiger partial charge in [0.05, 0.1) is 17.1 Å². The van der Waals surface area contributed by atoms with Crippen molar-refractivity contribution in [1.29, 1.82) is 0 Å². The van der Waals surface area contributed by atoms with Gasteiger partial charge in [-0.2, -0.15) is 0 Å². The smallest absolute Gasteiger partial charge is 0.240 e. The van der Waals surface area contributed by atoms with Gasteiger partial charge in [-0.05, 0) is 43.7 Å². The number of hydrogen-bond donors (Lipinski definition) is 1. The standard InChI is InChI=1S/C18H18ClN3O/c1-12(14-7-9-15(19)10-8-14)20-18(23)11-22-13(2)21-16-5-3-4-6-17(16)22/h3-10,12H,11H2,1-2H3,(H,20,23)/t12-/m0/s1. The van der Waals surface area contributed by atoms with Crippen LogP contribution in [0.5, 0.6) is 0 Å². The third-order valence-corrected chi connectivity index (χ3v) is 4.15. The van der Waals surface area contributed by atoms with Crippen molar-refractivity contribution >= 4 is 28.5 Å². The summed E-state index contributed by atoms with van der Waals surface area (Å²) in [7, 11) is 0. The van der Waals surface area contributed by atoms with Crippen molar-refractivity contribution in [3.05, 3.63) is 64.9 Å². The summed E-state index contributed by atoms with van der Waals surface area (Å²) in [4.78, 5) is 16.9. The first kappa shape index (κ1) is 15.6. The lowest BCUT2D eigenvalue weighted by Crippen LogP contribution is -2.30. The molecule has 1 amide bonds. The van der Waals surface area contributed by atoms with E-state index < -0.39 is 0 Å². The molecule has 1 aromatic heterocycles. The summed E-state index contributed by atoms with van der Waals surface area (Å²) in [5.41, 5.74) is 2.90. The van der Waals surface area contributed by atoms with E-state index in [1.807, 2.05) is 66.9 Å². The number of nitrogens with zero attached hydrogens (tertiary/aromatic N) is 2. The van der Waals surface area contributed by atoms with Crippen LogP contribution in [0.3, 0.4) is 0 Å². The van der Waals surface area contributed by atoms with Gasteiger partial charge in [0.1, 0.15) is 12.4 Å². The molecule has 1 atom stereocenters. The van der Waals surface area contributed by atoms with E-state index >= 15 is 0 Å². The Morgan fingerprint density at radius 3 is 2.65 bits per heavy atom. The fourth-order valence-corrected chi connectivity index (χ4v) is 2.79. The highest BCUT2D eigenvalue weighted by Crippen LogP contribution is 2.17. The number of rotatable bonds is 4. The number of aromatic nitrogens is 2. The maximum atomic E-state index is 12.4. The van der Waals surface area contributed by atoms with Gasteiger partial charge in [-0.15, -0.1) is 0 Å². The third-order valence-electron chi connectivity index (χ3n) is 3.89. The maximum absolute atomic E-state index is 12.4. The van der Waals surface area contributed by atoms with Gasteiger partial charge in [-0.3, -0.25) is 4.79 Å². The van der Waals surface area contributed by atoms with E-state index in [0.717, 1.165) is 22.4 Å². The first-order chi connectivity index (χ1) is 11.0. The summed E-state index contributed by atoms with van der Waals surface area (Å²) in [5.74, 6) is 0.791. The van der Waals surface area contributed by atoms with Gasteiger partial charge in [-0.25, -0.2) is 4.98 Å². The highest BCUT2D eigenvalue weighted by molar-refractivity contribution is 6.30. The Morgan fingerprint density at radius 1 is 1.22 bits per heavy atom. The molecule has 118 valence electrons. The van der Waals surface area contributed by atoms with Crippen molar-refractivity contribution < 1.29 is 4.79 Å². The normalized spacial score (nSPS) is 12.3. The molecule has 3 rings (SSSR count). The number of aryl methyl sites for hydroxylation is 1. The molecule has 0 unspecified atom stereocenters. The predicted octanol–water partition coefficient (Wildman–Crippen LogP) is 3.88. The van der Waals surface area contributed by atoms with E-state index in [-0.39, 0.29) is 18.5 Å². The number of para-hydroxylation sites is 2. The van der Waals surface area contributed by atoms with Crippen LogP contribution in [0.2, 0.25) is 5.02 Å².